The number of carboxylic acid groups (broad SMARTS) is 1. The van der Waals surface area contributed by atoms with Crippen molar-refractivity contribution < 1.29 is 23.4 Å². The van der Waals surface area contributed by atoms with Gasteiger partial charge in [0.1, 0.15) is 10.6 Å². The number of H-pyrrole nitrogens is 1. The number of sulfonamides is 1. The number of aliphatic hydroxyl groups excluding tert-OH is 1. The SMILES string of the molecule is CCC(CO)NS(=O)(=O)c1c(C)[nH]c(C(=O)O)c1C. The van der Waals surface area contributed by atoms with Crippen molar-refractivity contribution >= 4 is 16.0 Å². The molecule has 1 aromatic heterocycles. The third-order valence-electron chi connectivity index (χ3n) is 2.89. The highest BCUT2D eigenvalue weighted by Gasteiger charge is 2.27. The van der Waals surface area contributed by atoms with Crippen LogP contribution in [-0.4, -0.2) is 42.2 Å². The second-order valence-corrected chi connectivity index (χ2v) is 5.94. The Bertz CT molecular complexity index is 572. The van der Waals surface area contributed by atoms with Gasteiger partial charge >= 0.3 is 5.97 Å². The van der Waals surface area contributed by atoms with Gasteiger partial charge in [-0.05, 0) is 20.3 Å². The van der Waals surface area contributed by atoms with Gasteiger partial charge in [-0.15, -0.1) is 0 Å². The Labute approximate surface area is 111 Å². The zero-order chi connectivity index (χ0) is 14.8. The number of aryl methyl sites for hydroxylation is 1. The molecule has 0 saturated heterocycles. The highest BCUT2D eigenvalue weighted by molar-refractivity contribution is 7.89. The van der Waals surface area contributed by atoms with E-state index < -0.39 is 22.0 Å². The zero-order valence-corrected chi connectivity index (χ0v) is 11.8. The van der Waals surface area contributed by atoms with Crippen molar-refractivity contribution in [3.8, 4) is 0 Å². The standard InChI is InChI=1S/C11H18N2O5S/c1-4-8(5-14)13-19(17,18)10-6(2)9(11(15)16)12-7(10)3/h8,12-14H,4-5H2,1-3H3,(H,15,16). The van der Waals surface area contributed by atoms with E-state index in [1.165, 1.54) is 13.8 Å². The van der Waals surface area contributed by atoms with Gasteiger partial charge in [0.2, 0.25) is 10.0 Å². The Kier molecular flexibility index (Phi) is 4.72. The van der Waals surface area contributed by atoms with Crippen molar-refractivity contribution in [2.75, 3.05) is 6.61 Å². The lowest BCUT2D eigenvalue weighted by molar-refractivity contribution is 0.0690. The number of rotatable bonds is 6. The summed E-state index contributed by atoms with van der Waals surface area (Å²) in [6.45, 7) is 4.35. The molecule has 0 fully saturated rings. The van der Waals surface area contributed by atoms with Crippen LogP contribution in [0.2, 0.25) is 0 Å². The Morgan fingerprint density at radius 3 is 2.37 bits per heavy atom. The molecule has 1 rings (SSSR count). The van der Waals surface area contributed by atoms with Crippen LogP contribution in [0.3, 0.4) is 0 Å². The highest BCUT2D eigenvalue weighted by atomic mass is 32.2. The van der Waals surface area contributed by atoms with Crippen LogP contribution in [0.1, 0.15) is 35.1 Å². The summed E-state index contributed by atoms with van der Waals surface area (Å²) in [5.41, 5.74) is 0.274. The van der Waals surface area contributed by atoms with Gasteiger partial charge in [-0.25, -0.2) is 17.9 Å². The average Bonchev–Trinajstić information content (AvgIpc) is 2.62. The molecule has 108 valence electrons. The quantitative estimate of drug-likeness (QED) is 0.604. The number of aromatic amines is 1. The molecule has 0 aliphatic rings. The molecule has 0 spiro atoms. The van der Waals surface area contributed by atoms with E-state index in [4.69, 9.17) is 10.2 Å². The predicted octanol–water partition coefficient (Wildman–Crippen LogP) is 0.379. The number of carbonyl (C=O) groups is 1. The molecule has 0 aliphatic heterocycles. The normalized spacial score (nSPS) is 13.5. The van der Waals surface area contributed by atoms with Crippen LogP contribution in [0.5, 0.6) is 0 Å². The van der Waals surface area contributed by atoms with Crippen molar-refractivity contribution in [1.82, 2.24) is 9.71 Å². The Morgan fingerprint density at radius 1 is 1.42 bits per heavy atom. The van der Waals surface area contributed by atoms with Crippen LogP contribution in [-0.2, 0) is 10.0 Å². The Hall–Kier alpha value is -1.38. The number of aromatic carboxylic acids is 1. The maximum atomic E-state index is 12.2. The fourth-order valence-electron chi connectivity index (χ4n) is 1.88. The Balaban J connectivity index is 3.26. The summed E-state index contributed by atoms with van der Waals surface area (Å²) in [4.78, 5) is 13.4. The monoisotopic (exact) mass is 290 g/mol. The van der Waals surface area contributed by atoms with Gasteiger partial charge in [0.05, 0.1) is 6.61 Å². The van der Waals surface area contributed by atoms with Crippen molar-refractivity contribution in [2.45, 2.75) is 38.1 Å². The van der Waals surface area contributed by atoms with E-state index in [9.17, 15) is 13.2 Å². The van der Waals surface area contributed by atoms with Crippen LogP contribution in [0.4, 0.5) is 0 Å². The van der Waals surface area contributed by atoms with Crippen LogP contribution in [0.25, 0.3) is 0 Å². The van der Waals surface area contributed by atoms with Gasteiger partial charge < -0.3 is 15.2 Å². The van der Waals surface area contributed by atoms with Crippen LogP contribution >= 0.6 is 0 Å². The molecule has 0 amide bonds. The highest BCUT2D eigenvalue weighted by Crippen LogP contribution is 2.23. The number of hydrogen-bond donors (Lipinski definition) is 4. The molecule has 1 unspecified atom stereocenters. The summed E-state index contributed by atoms with van der Waals surface area (Å²) in [5.74, 6) is -1.21. The summed E-state index contributed by atoms with van der Waals surface area (Å²) in [6, 6.07) is -0.591. The number of carboxylic acids is 1. The molecule has 0 aromatic carbocycles. The van der Waals surface area contributed by atoms with E-state index in [2.05, 4.69) is 9.71 Å². The first kappa shape index (κ1) is 15.7. The van der Waals surface area contributed by atoms with Crippen LogP contribution < -0.4 is 4.72 Å². The smallest absolute Gasteiger partial charge is 0.352 e. The summed E-state index contributed by atoms with van der Waals surface area (Å²) in [5, 5.41) is 18.0. The maximum absolute atomic E-state index is 12.2. The summed E-state index contributed by atoms with van der Waals surface area (Å²) in [7, 11) is -3.86. The van der Waals surface area contributed by atoms with E-state index in [0.717, 1.165) is 0 Å². The molecule has 8 heteroatoms. The number of hydrogen-bond acceptors (Lipinski definition) is 4. The van der Waals surface area contributed by atoms with Crippen molar-refractivity contribution in [1.29, 1.82) is 0 Å². The fourth-order valence-corrected chi connectivity index (χ4v) is 3.63. The first-order valence-electron chi connectivity index (χ1n) is 5.80. The lowest BCUT2D eigenvalue weighted by Gasteiger charge is -2.14. The van der Waals surface area contributed by atoms with Crippen molar-refractivity contribution in [2.24, 2.45) is 0 Å². The van der Waals surface area contributed by atoms with Gasteiger partial charge in [-0.1, -0.05) is 6.92 Å². The van der Waals surface area contributed by atoms with E-state index in [-0.39, 0.29) is 28.5 Å². The minimum atomic E-state index is -3.86. The molecule has 4 N–H and O–H groups in total. The number of aromatic nitrogens is 1. The largest absolute Gasteiger partial charge is 0.477 e. The lowest BCUT2D eigenvalue weighted by atomic mass is 10.2. The minimum Gasteiger partial charge on any atom is -0.477 e. The summed E-state index contributed by atoms with van der Waals surface area (Å²) in [6.07, 6.45) is 0.435. The van der Waals surface area contributed by atoms with Gasteiger partial charge in [0, 0.05) is 17.3 Å². The van der Waals surface area contributed by atoms with Gasteiger partial charge in [-0.3, -0.25) is 0 Å². The molecule has 1 aromatic rings. The fraction of sp³-hybridized carbons (Fsp3) is 0.545. The van der Waals surface area contributed by atoms with Crippen molar-refractivity contribution in [3.63, 3.8) is 0 Å². The average molecular weight is 290 g/mol. The summed E-state index contributed by atoms with van der Waals surface area (Å²) >= 11 is 0. The topological polar surface area (TPSA) is 119 Å². The first-order chi connectivity index (χ1) is 8.74. The van der Waals surface area contributed by atoms with E-state index >= 15 is 0 Å². The molecule has 0 saturated carbocycles. The third kappa shape index (κ3) is 3.14. The van der Waals surface area contributed by atoms with Crippen LogP contribution in [0.15, 0.2) is 4.90 Å². The number of nitrogens with one attached hydrogen (secondary N) is 2. The lowest BCUT2D eigenvalue weighted by Crippen LogP contribution is -2.37. The Morgan fingerprint density at radius 2 is 2.00 bits per heavy atom. The minimum absolute atomic E-state index is 0.0724. The van der Waals surface area contributed by atoms with Crippen molar-refractivity contribution in [3.05, 3.63) is 17.0 Å². The van der Waals surface area contributed by atoms with Crippen LogP contribution in [0, 0.1) is 13.8 Å². The second-order valence-electron chi connectivity index (χ2n) is 4.29. The molecule has 1 heterocycles. The molecule has 0 radical (unpaired) electrons. The maximum Gasteiger partial charge on any atom is 0.352 e. The second kappa shape index (κ2) is 5.72. The van der Waals surface area contributed by atoms with Gasteiger partial charge in [-0.2, -0.15) is 0 Å². The molecule has 19 heavy (non-hydrogen) atoms. The zero-order valence-electron chi connectivity index (χ0n) is 11.0. The molecule has 0 bridgehead atoms. The van der Waals surface area contributed by atoms with E-state index in [1.807, 2.05) is 0 Å². The molecule has 1 atom stereocenters. The molecule has 0 aliphatic carbocycles. The van der Waals surface area contributed by atoms with Gasteiger partial charge in [0.25, 0.3) is 0 Å². The van der Waals surface area contributed by atoms with Gasteiger partial charge in [0.15, 0.2) is 0 Å². The first-order valence-corrected chi connectivity index (χ1v) is 7.28. The molecular formula is C11H18N2O5S. The predicted molar refractivity (Wildman–Crippen MR) is 68.7 cm³/mol. The molecule has 7 nitrogen and oxygen atoms in total. The number of aliphatic hydroxyl groups is 1. The third-order valence-corrected chi connectivity index (χ3v) is 4.68. The molecular weight excluding hydrogens is 272 g/mol. The van der Waals surface area contributed by atoms with E-state index in [1.54, 1.807) is 6.92 Å². The summed E-state index contributed by atoms with van der Waals surface area (Å²) < 4.78 is 26.8. The van der Waals surface area contributed by atoms with E-state index in [0.29, 0.717) is 6.42 Å².